The van der Waals surface area contributed by atoms with Gasteiger partial charge in [0.05, 0.1) is 12.6 Å². The lowest BCUT2D eigenvalue weighted by Gasteiger charge is -2.41. The first-order valence-corrected chi connectivity index (χ1v) is 9.81. The van der Waals surface area contributed by atoms with Crippen LogP contribution in [0.15, 0.2) is 0 Å². The molecule has 1 aliphatic carbocycles. The molecule has 1 atom stereocenters. The zero-order chi connectivity index (χ0) is 18.2. The molecule has 25 heavy (non-hydrogen) atoms. The standard InChI is InChI=1S/C19H35N3O3/c1-15(2)14-17(23)21-9-11-22(12-10-21)18(16-6-4-5-7-16)19(24)20-8-13-25-3/h15-16,18H,4-14H2,1-3H3,(H,20,24). The van der Waals surface area contributed by atoms with Crippen molar-refractivity contribution in [2.45, 2.75) is 52.0 Å². The highest BCUT2D eigenvalue weighted by Crippen LogP contribution is 2.31. The highest BCUT2D eigenvalue weighted by Gasteiger charge is 2.37. The molecule has 2 fully saturated rings. The van der Waals surface area contributed by atoms with Gasteiger partial charge in [-0.3, -0.25) is 14.5 Å². The van der Waals surface area contributed by atoms with E-state index >= 15 is 0 Å². The first kappa shape index (κ1) is 20.2. The lowest BCUT2D eigenvalue weighted by Crippen LogP contribution is -2.58. The van der Waals surface area contributed by atoms with E-state index in [2.05, 4.69) is 24.1 Å². The number of hydrogen-bond donors (Lipinski definition) is 1. The van der Waals surface area contributed by atoms with Crippen LogP contribution in [-0.4, -0.2) is 74.1 Å². The molecule has 1 saturated heterocycles. The van der Waals surface area contributed by atoms with Crippen LogP contribution in [0.3, 0.4) is 0 Å². The monoisotopic (exact) mass is 353 g/mol. The van der Waals surface area contributed by atoms with Crippen LogP contribution in [0, 0.1) is 11.8 Å². The number of nitrogens with zero attached hydrogens (tertiary/aromatic N) is 2. The van der Waals surface area contributed by atoms with Gasteiger partial charge in [0.1, 0.15) is 0 Å². The van der Waals surface area contributed by atoms with Crippen LogP contribution < -0.4 is 5.32 Å². The normalized spacial score (nSPS) is 20.9. The molecule has 6 heteroatoms. The minimum atomic E-state index is -0.0540. The average Bonchev–Trinajstić information content (AvgIpc) is 3.09. The van der Waals surface area contributed by atoms with Gasteiger partial charge in [0.15, 0.2) is 0 Å². The Morgan fingerprint density at radius 3 is 2.32 bits per heavy atom. The van der Waals surface area contributed by atoms with Crippen molar-refractivity contribution in [3.63, 3.8) is 0 Å². The molecule has 1 saturated carbocycles. The summed E-state index contributed by atoms with van der Waals surface area (Å²) in [5, 5.41) is 3.03. The van der Waals surface area contributed by atoms with E-state index < -0.39 is 0 Å². The smallest absolute Gasteiger partial charge is 0.237 e. The molecule has 1 N–H and O–H groups in total. The number of methoxy groups -OCH3 is 1. The predicted molar refractivity (Wildman–Crippen MR) is 98.2 cm³/mol. The Kier molecular flexibility index (Phi) is 8.16. The second-order valence-corrected chi connectivity index (χ2v) is 7.79. The molecule has 1 unspecified atom stereocenters. The van der Waals surface area contributed by atoms with Crippen molar-refractivity contribution in [3.8, 4) is 0 Å². The van der Waals surface area contributed by atoms with Gasteiger partial charge in [-0.2, -0.15) is 0 Å². The third-order valence-electron chi connectivity index (χ3n) is 5.36. The number of carbonyl (C=O) groups is 2. The van der Waals surface area contributed by atoms with Gasteiger partial charge in [-0.25, -0.2) is 0 Å². The summed E-state index contributed by atoms with van der Waals surface area (Å²) in [6.07, 6.45) is 5.33. The van der Waals surface area contributed by atoms with Crippen LogP contribution in [-0.2, 0) is 14.3 Å². The summed E-state index contributed by atoms with van der Waals surface area (Å²) in [7, 11) is 1.65. The molecule has 2 amide bonds. The van der Waals surface area contributed by atoms with Crippen LogP contribution in [0.2, 0.25) is 0 Å². The predicted octanol–water partition coefficient (Wildman–Crippen LogP) is 1.50. The Morgan fingerprint density at radius 1 is 1.12 bits per heavy atom. The first-order valence-electron chi connectivity index (χ1n) is 9.81. The van der Waals surface area contributed by atoms with Crippen LogP contribution in [0.25, 0.3) is 0 Å². The summed E-state index contributed by atoms with van der Waals surface area (Å²) in [5.41, 5.74) is 0. The minimum Gasteiger partial charge on any atom is -0.383 e. The SMILES string of the molecule is COCCNC(=O)C(C1CCCC1)N1CCN(C(=O)CC(C)C)CC1. The molecule has 0 aromatic carbocycles. The van der Waals surface area contributed by atoms with Gasteiger partial charge in [0.25, 0.3) is 0 Å². The molecule has 0 radical (unpaired) electrons. The molecule has 0 aromatic heterocycles. The molecule has 0 bridgehead atoms. The quantitative estimate of drug-likeness (QED) is 0.672. The summed E-state index contributed by atoms with van der Waals surface area (Å²) < 4.78 is 5.04. The van der Waals surface area contributed by atoms with Crippen molar-refractivity contribution < 1.29 is 14.3 Å². The number of amides is 2. The van der Waals surface area contributed by atoms with Crippen LogP contribution in [0.1, 0.15) is 46.0 Å². The highest BCUT2D eigenvalue weighted by molar-refractivity contribution is 5.82. The average molecular weight is 354 g/mol. The van der Waals surface area contributed by atoms with E-state index in [4.69, 9.17) is 4.74 Å². The minimum absolute atomic E-state index is 0.0540. The zero-order valence-corrected chi connectivity index (χ0v) is 16.1. The molecule has 144 valence electrons. The van der Waals surface area contributed by atoms with Crippen LogP contribution in [0.4, 0.5) is 0 Å². The Labute approximate surface area is 152 Å². The Morgan fingerprint density at radius 2 is 1.76 bits per heavy atom. The first-order chi connectivity index (χ1) is 12.0. The fourth-order valence-corrected chi connectivity index (χ4v) is 4.06. The lowest BCUT2D eigenvalue weighted by molar-refractivity contribution is -0.136. The summed E-state index contributed by atoms with van der Waals surface area (Å²) in [5.74, 6) is 1.21. The van der Waals surface area contributed by atoms with E-state index in [0.717, 1.165) is 39.0 Å². The van der Waals surface area contributed by atoms with E-state index in [-0.39, 0.29) is 17.9 Å². The number of ether oxygens (including phenoxy) is 1. The van der Waals surface area contributed by atoms with Crippen molar-refractivity contribution in [3.05, 3.63) is 0 Å². The Bertz CT molecular complexity index is 428. The van der Waals surface area contributed by atoms with E-state index in [1.165, 1.54) is 12.8 Å². The highest BCUT2D eigenvalue weighted by atomic mass is 16.5. The third-order valence-corrected chi connectivity index (χ3v) is 5.36. The van der Waals surface area contributed by atoms with Gasteiger partial charge < -0.3 is 15.0 Å². The van der Waals surface area contributed by atoms with Gasteiger partial charge in [-0.1, -0.05) is 26.7 Å². The molecule has 1 heterocycles. The van der Waals surface area contributed by atoms with Gasteiger partial charge in [-0.05, 0) is 24.7 Å². The molecule has 2 aliphatic rings. The third kappa shape index (κ3) is 5.96. The van der Waals surface area contributed by atoms with Crippen molar-refractivity contribution >= 4 is 11.8 Å². The maximum atomic E-state index is 12.8. The second kappa shape index (κ2) is 10.1. The summed E-state index contributed by atoms with van der Waals surface area (Å²) in [6, 6.07) is -0.0540. The largest absolute Gasteiger partial charge is 0.383 e. The van der Waals surface area contributed by atoms with Crippen molar-refractivity contribution in [2.75, 3.05) is 46.4 Å². The van der Waals surface area contributed by atoms with Crippen molar-refractivity contribution in [1.82, 2.24) is 15.1 Å². The molecule has 0 aromatic rings. The zero-order valence-electron chi connectivity index (χ0n) is 16.1. The van der Waals surface area contributed by atoms with Crippen molar-refractivity contribution in [1.29, 1.82) is 0 Å². The Hall–Kier alpha value is -1.14. The summed E-state index contributed by atoms with van der Waals surface area (Å²) >= 11 is 0. The fraction of sp³-hybridized carbons (Fsp3) is 0.895. The van der Waals surface area contributed by atoms with Crippen LogP contribution >= 0.6 is 0 Å². The molecular formula is C19H35N3O3. The Balaban J connectivity index is 1.92. The van der Waals surface area contributed by atoms with Gasteiger partial charge in [0, 0.05) is 46.3 Å². The summed E-state index contributed by atoms with van der Waals surface area (Å²) in [4.78, 5) is 29.3. The number of piperazine rings is 1. The molecule has 6 nitrogen and oxygen atoms in total. The van der Waals surface area contributed by atoms with Crippen molar-refractivity contribution in [2.24, 2.45) is 11.8 Å². The molecule has 2 rings (SSSR count). The van der Waals surface area contributed by atoms with Gasteiger partial charge in [0.2, 0.25) is 11.8 Å². The van der Waals surface area contributed by atoms with Crippen LogP contribution in [0.5, 0.6) is 0 Å². The van der Waals surface area contributed by atoms with E-state index in [9.17, 15) is 9.59 Å². The number of nitrogens with one attached hydrogen (secondary N) is 1. The molecule has 1 aliphatic heterocycles. The lowest BCUT2D eigenvalue weighted by atomic mass is 9.95. The number of carbonyl (C=O) groups excluding carboxylic acids is 2. The van der Waals surface area contributed by atoms with E-state index in [1.54, 1.807) is 7.11 Å². The topological polar surface area (TPSA) is 61.9 Å². The van der Waals surface area contributed by atoms with Gasteiger partial charge >= 0.3 is 0 Å². The second-order valence-electron chi connectivity index (χ2n) is 7.79. The van der Waals surface area contributed by atoms with Gasteiger partial charge in [-0.15, -0.1) is 0 Å². The number of hydrogen-bond acceptors (Lipinski definition) is 4. The molecular weight excluding hydrogens is 318 g/mol. The number of rotatable bonds is 8. The maximum Gasteiger partial charge on any atom is 0.237 e. The summed E-state index contributed by atoms with van der Waals surface area (Å²) in [6.45, 7) is 8.32. The maximum absolute atomic E-state index is 12.8. The van der Waals surface area contributed by atoms with E-state index in [0.29, 0.717) is 31.4 Å². The molecule has 0 spiro atoms. The fourth-order valence-electron chi connectivity index (χ4n) is 4.06. The van der Waals surface area contributed by atoms with E-state index in [1.807, 2.05) is 4.90 Å².